The molecule has 140 valence electrons. The molecule has 25 heavy (non-hydrogen) atoms. The molecular formula is C18H26F3N3O. The van der Waals surface area contributed by atoms with Crippen molar-refractivity contribution in [2.75, 3.05) is 27.2 Å². The minimum Gasteiger partial charge on any atom is -0.338 e. The van der Waals surface area contributed by atoms with Gasteiger partial charge < -0.3 is 10.6 Å². The lowest BCUT2D eigenvalue weighted by Crippen LogP contribution is -2.47. The van der Waals surface area contributed by atoms with Gasteiger partial charge in [-0.25, -0.2) is 4.79 Å². The van der Waals surface area contributed by atoms with Crippen LogP contribution >= 0.6 is 0 Å². The van der Waals surface area contributed by atoms with Crippen LogP contribution in [0.4, 0.5) is 18.0 Å². The highest BCUT2D eigenvalue weighted by Gasteiger charge is 2.38. The Morgan fingerprint density at radius 3 is 2.28 bits per heavy atom. The molecule has 2 rings (SSSR count). The van der Waals surface area contributed by atoms with Crippen molar-refractivity contribution in [1.82, 2.24) is 15.5 Å². The number of halogens is 3. The normalized spacial score (nSPS) is 24.2. The second kappa shape index (κ2) is 8.08. The van der Waals surface area contributed by atoms with Crippen LogP contribution in [-0.2, 0) is 5.54 Å². The molecule has 1 aliphatic carbocycles. The minimum atomic E-state index is -4.39. The van der Waals surface area contributed by atoms with Crippen molar-refractivity contribution in [3.8, 4) is 0 Å². The van der Waals surface area contributed by atoms with E-state index in [4.69, 9.17) is 0 Å². The van der Waals surface area contributed by atoms with E-state index < -0.39 is 18.8 Å². The van der Waals surface area contributed by atoms with Crippen LogP contribution in [0.5, 0.6) is 0 Å². The van der Waals surface area contributed by atoms with Crippen molar-refractivity contribution in [2.24, 2.45) is 5.92 Å². The summed E-state index contributed by atoms with van der Waals surface area (Å²) in [4.78, 5) is 13.7. The Bertz CT molecular complexity index is 552. The molecule has 0 saturated heterocycles. The van der Waals surface area contributed by atoms with Gasteiger partial charge in [-0.1, -0.05) is 30.3 Å². The Morgan fingerprint density at radius 1 is 1.16 bits per heavy atom. The van der Waals surface area contributed by atoms with E-state index in [9.17, 15) is 18.0 Å². The van der Waals surface area contributed by atoms with Crippen LogP contribution in [0.1, 0.15) is 31.2 Å². The molecule has 1 aliphatic rings. The fourth-order valence-electron chi connectivity index (χ4n) is 3.58. The van der Waals surface area contributed by atoms with Gasteiger partial charge in [-0.05, 0) is 51.3 Å². The highest BCUT2D eigenvalue weighted by molar-refractivity contribution is 5.73. The van der Waals surface area contributed by atoms with Gasteiger partial charge in [0.1, 0.15) is 6.54 Å². The van der Waals surface area contributed by atoms with E-state index in [-0.39, 0.29) is 11.5 Å². The van der Waals surface area contributed by atoms with E-state index in [1.54, 1.807) is 0 Å². The van der Waals surface area contributed by atoms with Gasteiger partial charge in [-0.15, -0.1) is 0 Å². The number of alkyl halides is 3. The third-order valence-corrected chi connectivity index (χ3v) is 5.10. The largest absolute Gasteiger partial charge is 0.405 e. The van der Waals surface area contributed by atoms with E-state index in [0.29, 0.717) is 6.54 Å². The lowest BCUT2D eigenvalue weighted by molar-refractivity contribution is -0.122. The zero-order chi connectivity index (χ0) is 18.5. The molecule has 0 spiro atoms. The Balaban J connectivity index is 1.85. The zero-order valence-corrected chi connectivity index (χ0v) is 14.7. The molecule has 0 radical (unpaired) electrons. The van der Waals surface area contributed by atoms with Gasteiger partial charge in [-0.3, -0.25) is 4.90 Å². The quantitative estimate of drug-likeness (QED) is 0.847. The maximum atomic E-state index is 12.1. The first-order valence-electron chi connectivity index (χ1n) is 8.54. The SMILES string of the molecule is CN(C)C1(c2ccccc2)CCC(CNC(=O)NCC(F)(F)F)CC1. The molecule has 0 unspecified atom stereocenters. The molecule has 1 saturated carbocycles. The van der Waals surface area contributed by atoms with Gasteiger partial charge in [0.05, 0.1) is 0 Å². The van der Waals surface area contributed by atoms with Crippen LogP contribution in [0.3, 0.4) is 0 Å². The molecule has 0 bridgehead atoms. The fourth-order valence-corrected chi connectivity index (χ4v) is 3.58. The van der Waals surface area contributed by atoms with Crippen LogP contribution in [0.25, 0.3) is 0 Å². The summed E-state index contributed by atoms with van der Waals surface area (Å²) in [5, 5.41) is 4.40. The second-order valence-electron chi connectivity index (χ2n) is 6.91. The van der Waals surface area contributed by atoms with Gasteiger partial charge in [0.25, 0.3) is 0 Å². The molecule has 1 fully saturated rings. The number of urea groups is 1. The van der Waals surface area contributed by atoms with Crippen LogP contribution in [-0.4, -0.2) is 44.3 Å². The van der Waals surface area contributed by atoms with Gasteiger partial charge in [-0.2, -0.15) is 13.2 Å². The smallest absolute Gasteiger partial charge is 0.338 e. The Kier molecular flexibility index (Phi) is 6.32. The van der Waals surface area contributed by atoms with Crippen molar-refractivity contribution in [1.29, 1.82) is 0 Å². The fraction of sp³-hybridized carbons (Fsp3) is 0.611. The summed E-state index contributed by atoms with van der Waals surface area (Å²) < 4.78 is 36.3. The van der Waals surface area contributed by atoms with Crippen LogP contribution in [0.2, 0.25) is 0 Å². The molecule has 0 aliphatic heterocycles. The van der Waals surface area contributed by atoms with Gasteiger partial charge in [0.2, 0.25) is 0 Å². The van der Waals surface area contributed by atoms with Crippen LogP contribution < -0.4 is 10.6 Å². The van der Waals surface area contributed by atoms with Gasteiger partial charge in [0, 0.05) is 12.1 Å². The van der Waals surface area contributed by atoms with E-state index in [2.05, 4.69) is 36.4 Å². The molecular weight excluding hydrogens is 331 g/mol. The van der Waals surface area contributed by atoms with E-state index in [1.165, 1.54) is 5.56 Å². The maximum Gasteiger partial charge on any atom is 0.405 e. The maximum absolute atomic E-state index is 12.1. The first-order valence-corrected chi connectivity index (χ1v) is 8.54. The number of hydrogen-bond donors (Lipinski definition) is 2. The summed E-state index contributed by atoms with van der Waals surface area (Å²) in [5.41, 5.74) is 1.27. The monoisotopic (exact) mass is 357 g/mol. The van der Waals surface area contributed by atoms with E-state index >= 15 is 0 Å². The van der Waals surface area contributed by atoms with Gasteiger partial charge in [0.15, 0.2) is 0 Å². The molecule has 1 aromatic rings. The number of amides is 2. The lowest BCUT2D eigenvalue weighted by Gasteiger charge is -2.45. The summed E-state index contributed by atoms with van der Waals surface area (Å²) in [5.74, 6) is 0.286. The Hall–Kier alpha value is -1.76. The Labute approximate surface area is 146 Å². The summed E-state index contributed by atoms with van der Waals surface area (Å²) in [7, 11) is 4.16. The average molecular weight is 357 g/mol. The number of carbonyl (C=O) groups is 1. The molecule has 4 nitrogen and oxygen atoms in total. The highest BCUT2D eigenvalue weighted by atomic mass is 19.4. The van der Waals surface area contributed by atoms with Crippen molar-refractivity contribution in [3.63, 3.8) is 0 Å². The average Bonchev–Trinajstić information content (AvgIpc) is 2.58. The van der Waals surface area contributed by atoms with Crippen molar-refractivity contribution >= 4 is 6.03 Å². The summed E-state index contributed by atoms with van der Waals surface area (Å²) in [6.45, 7) is -0.900. The van der Waals surface area contributed by atoms with E-state index in [0.717, 1.165) is 25.7 Å². The number of hydrogen-bond acceptors (Lipinski definition) is 2. The lowest BCUT2D eigenvalue weighted by atomic mass is 9.72. The summed E-state index contributed by atoms with van der Waals surface area (Å²) >= 11 is 0. The number of benzene rings is 1. The second-order valence-corrected chi connectivity index (χ2v) is 6.91. The third kappa shape index (κ3) is 5.36. The number of nitrogens with zero attached hydrogens (tertiary/aromatic N) is 1. The first-order chi connectivity index (χ1) is 11.7. The van der Waals surface area contributed by atoms with Gasteiger partial charge >= 0.3 is 12.2 Å². The number of rotatable bonds is 5. The first kappa shape index (κ1) is 19.6. The molecule has 1 aromatic carbocycles. The zero-order valence-electron chi connectivity index (χ0n) is 14.7. The molecule has 0 aromatic heterocycles. The molecule has 2 amide bonds. The predicted octanol–water partition coefficient (Wildman–Crippen LogP) is 3.50. The highest BCUT2D eigenvalue weighted by Crippen LogP contribution is 2.42. The predicted molar refractivity (Wildman–Crippen MR) is 91.2 cm³/mol. The van der Waals surface area contributed by atoms with Crippen molar-refractivity contribution < 1.29 is 18.0 Å². The molecule has 7 heteroatoms. The number of carbonyl (C=O) groups excluding carboxylic acids is 1. The van der Waals surface area contributed by atoms with Crippen molar-refractivity contribution in [2.45, 2.75) is 37.4 Å². The Morgan fingerprint density at radius 2 is 1.76 bits per heavy atom. The molecule has 2 N–H and O–H groups in total. The van der Waals surface area contributed by atoms with Crippen LogP contribution in [0, 0.1) is 5.92 Å². The summed E-state index contributed by atoms with van der Waals surface area (Å²) in [6.07, 6.45) is -0.622. The third-order valence-electron chi connectivity index (χ3n) is 5.10. The molecule has 0 heterocycles. The summed E-state index contributed by atoms with van der Waals surface area (Å²) in [6, 6.07) is 9.61. The van der Waals surface area contributed by atoms with Crippen molar-refractivity contribution in [3.05, 3.63) is 35.9 Å². The number of nitrogens with one attached hydrogen (secondary N) is 2. The standard InChI is InChI=1S/C18H26F3N3O/c1-24(2)17(15-6-4-3-5-7-15)10-8-14(9-11-17)12-22-16(25)23-13-18(19,20)21/h3-7,14H,8-13H2,1-2H3,(H2,22,23,25). The van der Waals surface area contributed by atoms with E-state index in [1.807, 2.05) is 23.5 Å². The molecule has 0 atom stereocenters. The minimum absolute atomic E-state index is 0.0176. The van der Waals surface area contributed by atoms with Crippen LogP contribution in [0.15, 0.2) is 30.3 Å². The topological polar surface area (TPSA) is 44.4 Å².